The summed E-state index contributed by atoms with van der Waals surface area (Å²) in [5.74, 6) is 0.915. The Labute approximate surface area is 78.2 Å². The van der Waals surface area contributed by atoms with E-state index in [1.807, 2.05) is 13.0 Å². The van der Waals surface area contributed by atoms with E-state index in [9.17, 15) is 0 Å². The molecule has 0 saturated heterocycles. The van der Waals surface area contributed by atoms with Crippen molar-refractivity contribution in [2.75, 3.05) is 6.79 Å². The maximum Gasteiger partial charge on any atom is 0.190 e. The maximum atomic E-state index is 5.78. The lowest BCUT2D eigenvalue weighted by molar-refractivity contribution is -0.0901. The highest BCUT2D eigenvalue weighted by Gasteiger charge is 2.33. The van der Waals surface area contributed by atoms with Gasteiger partial charge >= 0.3 is 0 Å². The molecule has 2 heterocycles. The van der Waals surface area contributed by atoms with Crippen LogP contribution in [0.15, 0.2) is 24.0 Å². The maximum absolute atomic E-state index is 5.78. The van der Waals surface area contributed by atoms with Crippen LogP contribution < -0.4 is 5.73 Å². The molecule has 13 heavy (non-hydrogen) atoms. The van der Waals surface area contributed by atoms with Crippen molar-refractivity contribution in [3.8, 4) is 0 Å². The first-order chi connectivity index (χ1) is 6.20. The fourth-order valence-corrected chi connectivity index (χ4v) is 1.83. The summed E-state index contributed by atoms with van der Waals surface area (Å²) in [6.07, 6.45) is 7.82. The van der Waals surface area contributed by atoms with Crippen molar-refractivity contribution in [2.45, 2.75) is 31.4 Å². The van der Waals surface area contributed by atoms with E-state index in [0.29, 0.717) is 6.79 Å². The number of fused-ring (bicyclic) bond motifs is 3. The van der Waals surface area contributed by atoms with Gasteiger partial charge in [-0.25, -0.2) is 0 Å². The van der Waals surface area contributed by atoms with Crippen LogP contribution in [0, 0.1) is 0 Å². The van der Waals surface area contributed by atoms with Gasteiger partial charge in [0, 0.05) is 12.5 Å². The summed E-state index contributed by atoms with van der Waals surface area (Å²) >= 11 is 0. The summed E-state index contributed by atoms with van der Waals surface area (Å²) in [5.41, 5.74) is 5.56. The Morgan fingerprint density at radius 1 is 1.69 bits per heavy atom. The fraction of sp³-hybridized carbons (Fsp3) is 0.600. The highest BCUT2D eigenvalue weighted by atomic mass is 16.7. The van der Waals surface area contributed by atoms with Crippen LogP contribution in [0.25, 0.3) is 0 Å². The quantitative estimate of drug-likeness (QED) is 0.698. The van der Waals surface area contributed by atoms with E-state index in [1.54, 1.807) is 0 Å². The third kappa shape index (κ3) is 1.76. The van der Waals surface area contributed by atoms with E-state index in [1.165, 1.54) is 0 Å². The molecule has 2 aliphatic heterocycles. The molecule has 0 aromatic heterocycles. The molecule has 0 fully saturated rings. The zero-order chi connectivity index (χ0) is 9.31. The standard InChI is InChI=1S/C10H15NO2/c1-8(11)6-10-4-2-9(3-5-10)12-7-13-10/h2-4,8H,5-7,11H2,1H3. The van der Waals surface area contributed by atoms with Crippen molar-refractivity contribution >= 4 is 0 Å². The van der Waals surface area contributed by atoms with E-state index < -0.39 is 0 Å². The van der Waals surface area contributed by atoms with Gasteiger partial charge in [0.15, 0.2) is 6.79 Å². The lowest BCUT2D eigenvalue weighted by Crippen LogP contribution is -2.36. The molecule has 3 rings (SSSR count). The number of allylic oxidation sites excluding steroid dienone is 1. The molecule has 0 amide bonds. The lowest BCUT2D eigenvalue weighted by Gasteiger charge is -2.29. The predicted molar refractivity (Wildman–Crippen MR) is 49.9 cm³/mol. The van der Waals surface area contributed by atoms with Crippen LogP contribution in [0.1, 0.15) is 19.8 Å². The van der Waals surface area contributed by atoms with Gasteiger partial charge in [-0.2, -0.15) is 0 Å². The second-order valence-electron chi connectivity index (χ2n) is 3.80. The molecule has 2 N–H and O–H groups in total. The SMILES string of the molecule is CC(N)CC12C=CC(=CC1)OCO2. The Morgan fingerprint density at radius 2 is 2.54 bits per heavy atom. The van der Waals surface area contributed by atoms with Gasteiger partial charge in [0.2, 0.25) is 0 Å². The van der Waals surface area contributed by atoms with Gasteiger partial charge in [-0.15, -0.1) is 0 Å². The van der Waals surface area contributed by atoms with E-state index >= 15 is 0 Å². The Morgan fingerprint density at radius 3 is 3.15 bits per heavy atom. The smallest absolute Gasteiger partial charge is 0.190 e. The first kappa shape index (κ1) is 8.78. The molecular formula is C10H15NO2. The molecule has 2 atom stereocenters. The minimum atomic E-state index is -0.214. The molecule has 0 aromatic rings. The normalized spacial score (nSPS) is 33.5. The average molecular weight is 181 g/mol. The molecule has 3 heteroatoms. The molecule has 72 valence electrons. The van der Waals surface area contributed by atoms with E-state index in [4.69, 9.17) is 15.2 Å². The third-order valence-electron chi connectivity index (χ3n) is 2.44. The first-order valence-corrected chi connectivity index (χ1v) is 4.62. The van der Waals surface area contributed by atoms with Gasteiger partial charge in [0.25, 0.3) is 0 Å². The van der Waals surface area contributed by atoms with Gasteiger partial charge in [0.05, 0.1) is 5.60 Å². The summed E-state index contributed by atoms with van der Waals surface area (Å²) in [5, 5.41) is 0. The molecule has 1 aliphatic carbocycles. The largest absolute Gasteiger partial charge is 0.468 e. The number of nitrogens with two attached hydrogens (primary N) is 1. The molecule has 3 nitrogen and oxygen atoms in total. The van der Waals surface area contributed by atoms with Crippen molar-refractivity contribution < 1.29 is 9.47 Å². The minimum absolute atomic E-state index is 0.151. The summed E-state index contributed by atoms with van der Waals surface area (Å²) in [4.78, 5) is 0. The number of hydrogen-bond acceptors (Lipinski definition) is 3. The van der Waals surface area contributed by atoms with Crippen LogP contribution in [0.3, 0.4) is 0 Å². The summed E-state index contributed by atoms with van der Waals surface area (Å²) in [6.45, 7) is 2.34. The van der Waals surface area contributed by atoms with Crippen molar-refractivity contribution in [1.82, 2.24) is 0 Å². The molecule has 2 bridgehead atoms. The van der Waals surface area contributed by atoms with Crippen molar-refractivity contribution in [1.29, 1.82) is 0 Å². The van der Waals surface area contributed by atoms with Crippen LogP contribution in [0.5, 0.6) is 0 Å². The third-order valence-corrected chi connectivity index (χ3v) is 2.44. The van der Waals surface area contributed by atoms with Gasteiger partial charge in [0.1, 0.15) is 5.76 Å². The first-order valence-electron chi connectivity index (χ1n) is 4.62. The molecular weight excluding hydrogens is 166 g/mol. The van der Waals surface area contributed by atoms with E-state index in [0.717, 1.165) is 18.6 Å². The molecule has 2 unspecified atom stereocenters. The fourth-order valence-electron chi connectivity index (χ4n) is 1.83. The Bertz CT molecular complexity index is 258. The zero-order valence-corrected chi connectivity index (χ0v) is 7.82. The van der Waals surface area contributed by atoms with Gasteiger partial charge in [-0.3, -0.25) is 0 Å². The monoisotopic (exact) mass is 181 g/mol. The average Bonchev–Trinajstić information content (AvgIpc) is 2.35. The molecule has 0 radical (unpaired) electrons. The van der Waals surface area contributed by atoms with E-state index in [2.05, 4.69) is 12.2 Å². The Balaban J connectivity index is 2.15. The van der Waals surface area contributed by atoms with Gasteiger partial charge in [-0.1, -0.05) is 0 Å². The summed E-state index contributed by atoms with van der Waals surface area (Å²) in [6, 6.07) is 0.151. The summed E-state index contributed by atoms with van der Waals surface area (Å²) in [7, 11) is 0. The Hall–Kier alpha value is -0.800. The highest BCUT2D eigenvalue weighted by molar-refractivity contribution is 5.25. The van der Waals surface area contributed by atoms with Gasteiger partial charge in [-0.05, 0) is 31.6 Å². The van der Waals surface area contributed by atoms with Crippen molar-refractivity contribution in [2.24, 2.45) is 5.73 Å². The second kappa shape index (κ2) is 3.16. The molecule has 3 aliphatic rings. The molecule has 0 spiro atoms. The number of rotatable bonds is 2. The lowest BCUT2D eigenvalue weighted by atomic mass is 9.88. The van der Waals surface area contributed by atoms with Crippen LogP contribution in [-0.4, -0.2) is 18.4 Å². The molecule has 0 aromatic carbocycles. The van der Waals surface area contributed by atoms with Gasteiger partial charge < -0.3 is 15.2 Å². The zero-order valence-electron chi connectivity index (χ0n) is 7.82. The summed E-state index contributed by atoms with van der Waals surface area (Å²) < 4.78 is 11.0. The van der Waals surface area contributed by atoms with E-state index in [-0.39, 0.29) is 11.6 Å². The predicted octanol–water partition coefficient (Wildman–Crippen LogP) is 1.31. The number of ether oxygens (including phenoxy) is 2. The minimum Gasteiger partial charge on any atom is -0.468 e. The van der Waals surface area contributed by atoms with Crippen molar-refractivity contribution in [3.05, 3.63) is 24.0 Å². The van der Waals surface area contributed by atoms with Crippen LogP contribution in [0.4, 0.5) is 0 Å². The molecule has 0 saturated carbocycles. The number of hydrogen-bond donors (Lipinski definition) is 1. The highest BCUT2D eigenvalue weighted by Crippen LogP contribution is 2.32. The topological polar surface area (TPSA) is 44.5 Å². The second-order valence-corrected chi connectivity index (χ2v) is 3.80. The van der Waals surface area contributed by atoms with Crippen LogP contribution in [0.2, 0.25) is 0 Å². The van der Waals surface area contributed by atoms with Crippen LogP contribution in [-0.2, 0) is 9.47 Å². The van der Waals surface area contributed by atoms with Crippen LogP contribution >= 0.6 is 0 Å². The Kier molecular flexibility index (Phi) is 2.14. The van der Waals surface area contributed by atoms with Crippen molar-refractivity contribution in [3.63, 3.8) is 0 Å².